The Labute approximate surface area is 102 Å². The molecular weight excluding hydrogens is 212 g/mol. The van der Waals surface area contributed by atoms with Crippen molar-refractivity contribution in [2.24, 2.45) is 0 Å². The van der Waals surface area contributed by atoms with Crippen LogP contribution in [0.2, 0.25) is 0 Å². The van der Waals surface area contributed by atoms with Crippen molar-refractivity contribution < 1.29 is 0 Å². The van der Waals surface area contributed by atoms with Gasteiger partial charge < -0.3 is 0 Å². The van der Waals surface area contributed by atoms with Crippen LogP contribution in [-0.4, -0.2) is 23.0 Å². The summed E-state index contributed by atoms with van der Waals surface area (Å²) < 4.78 is 0. The van der Waals surface area contributed by atoms with Gasteiger partial charge in [-0.05, 0) is 18.6 Å². The van der Waals surface area contributed by atoms with Crippen molar-refractivity contribution in [3.05, 3.63) is 29.6 Å². The molecule has 1 aromatic rings. The van der Waals surface area contributed by atoms with Gasteiger partial charge in [-0.1, -0.05) is 6.07 Å². The standard InChI is InChI=1S/C13H16N4/c1-12-4-5-13(16-10-12)11-17(8-2-6-14)9-3-7-15/h4-5,10H,2-3,8-9,11H2,1H3. The van der Waals surface area contributed by atoms with Crippen molar-refractivity contribution in [2.75, 3.05) is 13.1 Å². The first-order chi connectivity index (χ1) is 8.26. The lowest BCUT2D eigenvalue weighted by molar-refractivity contribution is 0.274. The number of rotatable bonds is 6. The van der Waals surface area contributed by atoms with Gasteiger partial charge in [-0.3, -0.25) is 9.88 Å². The zero-order valence-corrected chi connectivity index (χ0v) is 10.1. The minimum atomic E-state index is 0.483. The first-order valence-corrected chi connectivity index (χ1v) is 5.64. The van der Waals surface area contributed by atoms with Crippen LogP contribution in [0.15, 0.2) is 18.3 Å². The number of nitriles is 2. The van der Waals surface area contributed by atoms with E-state index >= 15 is 0 Å². The molecule has 0 unspecified atom stereocenters. The van der Waals surface area contributed by atoms with Gasteiger partial charge in [0, 0.05) is 38.7 Å². The predicted octanol–water partition coefficient (Wildman–Crippen LogP) is 2.02. The predicted molar refractivity (Wildman–Crippen MR) is 64.7 cm³/mol. The van der Waals surface area contributed by atoms with E-state index in [2.05, 4.69) is 22.0 Å². The van der Waals surface area contributed by atoms with Gasteiger partial charge in [0.2, 0.25) is 0 Å². The zero-order valence-electron chi connectivity index (χ0n) is 10.1. The second-order valence-corrected chi connectivity index (χ2v) is 3.92. The highest BCUT2D eigenvalue weighted by atomic mass is 15.1. The van der Waals surface area contributed by atoms with Crippen LogP contribution in [-0.2, 0) is 6.54 Å². The SMILES string of the molecule is Cc1ccc(CN(CCC#N)CCC#N)nc1. The average Bonchev–Trinajstić information content (AvgIpc) is 2.35. The Morgan fingerprint density at radius 2 is 1.82 bits per heavy atom. The number of aryl methyl sites for hydroxylation is 1. The number of nitrogens with zero attached hydrogens (tertiary/aromatic N) is 4. The molecule has 0 aliphatic heterocycles. The summed E-state index contributed by atoms with van der Waals surface area (Å²) in [7, 11) is 0. The Morgan fingerprint density at radius 3 is 2.29 bits per heavy atom. The van der Waals surface area contributed by atoms with Crippen LogP contribution >= 0.6 is 0 Å². The lowest BCUT2D eigenvalue weighted by Crippen LogP contribution is -2.25. The molecule has 88 valence electrons. The topological polar surface area (TPSA) is 63.7 Å². The fraction of sp³-hybridized carbons (Fsp3) is 0.462. The van der Waals surface area contributed by atoms with Gasteiger partial charge in [0.15, 0.2) is 0 Å². The summed E-state index contributed by atoms with van der Waals surface area (Å²) in [5, 5.41) is 17.2. The highest BCUT2D eigenvalue weighted by Gasteiger charge is 2.06. The quantitative estimate of drug-likeness (QED) is 0.747. The maximum absolute atomic E-state index is 8.59. The van der Waals surface area contributed by atoms with Crippen LogP contribution in [0.4, 0.5) is 0 Å². The molecule has 0 fully saturated rings. The van der Waals surface area contributed by atoms with E-state index in [9.17, 15) is 0 Å². The van der Waals surface area contributed by atoms with E-state index in [-0.39, 0.29) is 0 Å². The van der Waals surface area contributed by atoms with Gasteiger partial charge in [-0.25, -0.2) is 0 Å². The van der Waals surface area contributed by atoms with Gasteiger partial charge in [-0.2, -0.15) is 10.5 Å². The third-order valence-corrected chi connectivity index (χ3v) is 2.44. The number of hydrogen-bond donors (Lipinski definition) is 0. The Bertz CT molecular complexity index is 393. The van der Waals surface area contributed by atoms with Crippen LogP contribution in [0.25, 0.3) is 0 Å². The molecule has 1 heterocycles. The van der Waals surface area contributed by atoms with E-state index in [0.29, 0.717) is 32.5 Å². The highest BCUT2D eigenvalue weighted by molar-refractivity contribution is 5.12. The molecule has 0 aliphatic carbocycles. The summed E-state index contributed by atoms with van der Waals surface area (Å²) in [5.74, 6) is 0. The maximum Gasteiger partial charge on any atom is 0.0635 e. The number of pyridine rings is 1. The summed E-state index contributed by atoms with van der Waals surface area (Å²) in [4.78, 5) is 6.41. The van der Waals surface area contributed by atoms with Crippen molar-refractivity contribution in [2.45, 2.75) is 26.3 Å². The number of hydrogen-bond acceptors (Lipinski definition) is 4. The van der Waals surface area contributed by atoms with Crippen molar-refractivity contribution >= 4 is 0 Å². The molecule has 0 saturated heterocycles. The minimum absolute atomic E-state index is 0.483. The Hall–Kier alpha value is -1.91. The molecule has 1 aromatic heterocycles. The Balaban J connectivity index is 2.55. The van der Waals surface area contributed by atoms with Crippen LogP contribution in [0, 0.1) is 29.6 Å². The molecule has 4 nitrogen and oxygen atoms in total. The second-order valence-electron chi connectivity index (χ2n) is 3.92. The van der Waals surface area contributed by atoms with Crippen molar-refractivity contribution in [1.29, 1.82) is 10.5 Å². The number of aromatic nitrogens is 1. The first kappa shape index (κ1) is 13.2. The third-order valence-electron chi connectivity index (χ3n) is 2.44. The highest BCUT2D eigenvalue weighted by Crippen LogP contribution is 2.04. The lowest BCUT2D eigenvalue weighted by Gasteiger charge is -2.19. The summed E-state index contributed by atoms with van der Waals surface area (Å²) in [6.07, 6.45) is 2.80. The smallest absolute Gasteiger partial charge is 0.0635 e. The first-order valence-electron chi connectivity index (χ1n) is 5.64. The van der Waals surface area contributed by atoms with E-state index < -0.39 is 0 Å². The fourth-order valence-electron chi connectivity index (χ4n) is 1.51. The summed E-state index contributed by atoms with van der Waals surface area (Å²) >= 11 is 0. The molecule has 0 N–H and O–H groups in total. The molecular formula is C13H16N4. The van der Waals surface area contributed by atoms with Crippen LogP contribution < -0.4 is 0 Å². The Kier molecular flexibility index (Phi) is 5.71. The molecule has 0 spiro atoms. The molecule has 0 atom stereocenters. The average molecular weight is 228 g/mol. The van der Waals surface area contributed by atoms with Crippen LogP contribution in [0.3, 0.4) is 0 Å². The third kappa shape index (κ3) is 5.10. The van der Waals surface area contributed by atoms with E-state index in [0.717, 1.165) is 11.3 Å². The summed E-state index contributed by atoms with van der Waals surface area (Å²) in [5.41, 5.74) is 2.11. The normalized spacial score (nSPS) is 9.88. The molecule has 0 amide bonds. The second kappa shape index (κ2) is 7.38. The van der Waals surface area contributed by atoms with Gasteiger partial charge in [0.05, 0.1) is 17.8 Å². The van der Waals surface area contributed by atoms with E-state index in [4.69, 9.17) is 10.5 Å². The molecule has 0 aliphatic rings. The van der Waals surface area contributed by atoms with Gasteiger partial charge >= 0.3 is 0 Å². The molecule has 17 heavy (non-hydrogen) atoms. The zero-order chi connectivity index (χ0) is 12.5. The molecule has 0 radical (unpaired) electrons. The van der Waals surface area contributed by atoms with Crippen molar-refractivity contribution in [1.82, 2.24) is 9.88 Å². The van der Waals surface area contributed by atoms with Gasteiger partial charge in [-0.15, -0.1) is 0 Å². The molecule has 4 heteroatoms. The molecule has 0 aromatic carbocycles. The van der Waals surface area contributed by atoms with Crippen LogP contribution in [0.5, 0.6) is 0 Å². The van der Waals surface area contributed by atoms with Gasteiger partial charge in [0.1, 0.15) is 0 Å². The monoisotopic (exact) mass is 228 g/mol. The minimum Gasteiger partial charge on any atom is -0.295 e. The largest absolute Gasteiger partial charge is 0.295 e. The molecule has 0 saturated carbocycles. The lowest BCUT2D eigenvalue weighted by atomic mass is 10.2. The van der Waals surface area contributed by atoms with E-state index in [1.54, 1.807) is 0 Å². The summed E-state index contributed by atoms with van der Waals surface area (Å²) in [6.45, 7) is 4.07. The molecule has 0 bridgehead atoms. The fourth-order valence-corrected chi connectivity index (χ4v) is 1.51. The van der Waals surface area contributed by atoms with Crippen molar-refractivity contribution in [3.63, 3.8) is 0 Å². The van der Waals surface area contributed by atoms with E-state index in [1.807, 2.05) is 25.3 Å². The van der Waals surface area contributed by atoms with Gasteiger partial charge in [0.25, 0.3) is 0 Å². The van der Waals surface area contributed by atoms with Crippen LogP contribution in [0.1, 0.15) is 24.1 Å². The van der Waals surface area contributed by atoms with E-state index in [1.165, 1.54) is 0 Å². The summed E-state index contributed by atoms with van der Waals surface area (Å²) in [6, 6.07) is 8.26. The molecule has 1 rings (SSSR count). The Morgan fingerprint density at radius 1 is 1.18 bits per heavy atom. The maximum atomic E-state index is 8.59. The van der Waals surface area contributed by atoms with Crippen molar-refractivity contribution in [3.8, 4) is 12.1 Å².